The number of rotatable bonds is 6. The number of nitrogens with zero attached hydrogens (tertiary/aromatic N) is 1. The van der Waals surface area contributed by atoms with Crippen LogP contribution < -0.4 is 4.72 Å². The molecule has 0 saturated carbocycles. The van der Waals surface area contributed by atoms with Gasteiger partial charge >= 0.3 is 0 Å². The summed E-state index contributed by atoms with van der Waals surface area (Å²) in [6.07, 6.45) is -0.167. The van der Waals surface area contributed by atoms with Crippen LogP contribution in [0.25, 0.3) is 0 Å². The smallest absolute Gasteiger partial charge is 0.240 e. The summed E-state index contributed by atoms with van der Waals surface area (Å²) in [5, 5.41) is 0.506. The minimum Gasteiger partial charge on any atom is -0.374 e. The zero-order chi connectivity index (χ0) is 17.7. The fourth-order valence-corrected chi connectivity index (χ4v) is 3.98. The molecule has 26 heavy (non-hydrogen) atoms. The van der Waals surface area contributed by atoms with Gasteiger partial charge in [0.1, 0.15) is 0 Å². The van der Waals surface area contributed by atoms with E-state index in [1.165, 1.54) is 17.7 Å². The molecule has 8 heteroatoms. The van der Waals surface area contributed by atoms with Crippen LogP contribution in [-0.4, -0.2) is 45.7 Å². The molecular weight excluding hydrogens is 395 g/mol. The minimum atomic E-state index is -3.56. The molecular formula is C18H22Cl2N2O3S. The van der Waals surface area contributed by atoms with Crippen LogP contribution in [0.4, 0.5) is 0 Å². The number of morpholine rings is 1. The Bertz CT molecular complexity index is 786. The summed E-state index contributed by atoms with van der Waals surface area (Å²) in [5.74, 6) is 0. The van der Waals surface area contributed by atoms with E-state index in [2.05, 4.69) is 21.8 Å². The van der Waals surface area contributed by atoms with E-state index in [0.717, 1.165) is 13.1 Å². The monoisotopic (exact) mass is 416 g/mol. The molecule has 1 saturated heterocycles. The zero-order valence-electron chi connectivity index (χ0n) is 14.2. The average Bonchev–Trinajstić information content (AvgIpc) is 2.62. The molecule has 1 N–H and O–H groups in total. The number of halogens is 2. The molecule has 0 spiro atoms. The number of nitrogens with one attached hydrogen (secondary N) is 1. The molecule has 1 atom stereocenters. The second-order valence-electron chi connectivity index (χ2n) is 6.02. The quantitative estimate of drug-likeness (QED) is 0.786. The van der Waals surface area contributed by atoms with Crippen molar-refractivity contribution in [3.63, 3.8) is 0 Å². The molecule has 1 aliphatic rings. The van der Waals surface area contributed by atoms with Crippen LogP contribution in [0.5, 0.6) is 0 Å². The van der Waals surface area contributed by atoms with E-state index >= 15 is 0 Å². The molecule has 2 aromatic carbocycles. The Hall–Kier alpha value is -1.15. The summed E-state index contributed by atoms with van der Waals surface area (Å²) in [4.78, 5) is 2.48. The van der Waals surface area contributed by atoms with Crippen LogP contribution in [0.3, 0.4) is 0 Å². The molecule has 1 unspecified atom stereocenters. The largest absolute Gasteiger partial charge is 0.374 e. The number of hydrogen-bond acceptors (Lipinski definition) is 4. The Morgan fingerprint density at radius 1 is 1.12 bits per heavy atom. The van der Waals surface area contributed by atoms with Crippen LogP contribution in [-0.2, 0) is 21.3 Å². The lowest BCUT2D eigenvalue weighted by molar-refractivity contribution is -0.0276. The number of sulfonamides is 1. The number of hydrogen-bond donors (Lipinski definition) is 1. The Balaban J connectivity index is 0.00000243. The topological polar surface area (TPSA) is 58.6 Å². The van der Waals surface area contributed by atoms with Gasteiger partial charge in [-0.05, 0) is 29.8 Å². The molecule has 3 rings (SSSR count). The minimum absolute atomic E-state index is 0. The van der Waals surface area contributed by atoms with E-state index in [-0.39, 0.29) is 30.0 Å². The van der Waals surface area contributed by atoms with Gasteiger partial charge in [-0.25, -0.2) is 13.1 Å². The van der Waals surface area contributed by atoms with Gasteiger partial charge < -0.3 is 4.74 Å². The third kappa shape index (κ3) is 5.94. The normalized spacial score (nSPS) is 18.3. The molecule has 0 radical (unpaired) electrons. The highest BCUT2D eigenvalue weighted by atomic mass is 35.5. The van der Waals surface area contributed by atoms with Crippen molar-refractivity contribution in [1.29, 1.82) is 0 Å². The van der Waals surface area contributed by atoms with E-state index in [1.54, 1.807) is 12.1 Å². The van der Waals surface area contributed by atoms with Crippen molar-refractivity contribution in [1.82, 2.24) is 9.62 Å². The van der Waals surface area contributed by atoms with Gasteiger partial charge in [-0.1, -0.05) is 41.9 Å². The van der Waals surface area contributed by atoms with Crippen molar-refractivity contribution in [3.05, 3.63) is 65.2 Å². The molecule has 2 aromatic rings. The maximum atomic E-state index is 12.3. The van der Waals surface area contributed by atoms with Crippen molar-refractivity contribution >= 4 is 34.0 Å². The van der Waals surface area contributed by atoms with E-state index < -0.39 is 10.0 Å². The van der Waals surface area contributed by atoms with Gasteiger partial charge in [0, 0.05) is 31.2 Å². The standard InChI is InChI=1S/C18H21ClN2O3S.ClH/c19-16-6-8-18(9-7-16)25(22,23)20-12-17-14-21(10-11-24-17)13-15-4-2-1-3-5-15;/h1-9,17,20H,10-14H2;1H. The Morgan fingerprint density at radius 2 is 1.81 bits per heavy atom. The van der Waals surface area contributed by atoms with E-state index in [4.69, 9.17) is 16.3 Å². The molecule has 0 amide bonds. The van der Waals surface area contributed by atoms with E-state index in [0.29, 0.717) is 18.2 Å². The Morgan fingerprint density at radius 3 is 2.50 bits per heavy atom. The Labute approximate surface area is 165 Å². The predicted molar refractivity (Wildman–Crippen MR) is 105 cm³/mol. The lowest BCUT2D eigenvalue weighted by atomic mass is 10.2. The molecule has 142 valence electrons. The average molecular weight is 417 g/mol. The lowest BCUT2D eigenvalue weighted by Gasteiger charge is -2.33. The summed E-state index contributed by atoms with van der Waals surface area (Å²) >= 11 is 5.80. The third-order valence-corrected chi connectivity index (χ3v) is 5.79. The summed E-state index contributed by atoms with van der Waals surface area (Å²) in [6.45, 7) is 3.22. The van der Waals surface area contributed by atoms with Crippen LogP contribution in [0, 0.1) is 0 Å². The van der Waals surface area contributed by atoms with Gasteiger partial charge in [-0.3, -0.25) is 4.90 Å². The summed E-state index contributed by atoms with van der Waals surface area (Å²) < 4.78 is 33.0. The maximum Gasteiger partial charge on any atom is 0.240 e. The van der Waals surface area contributed by atoms with Gasteiger partial charge in [0.05, 0.1) is 17.6 Å². The number of benzene rings is 2. The lowest BCUT2D eigenvalue weighted by Crippen LogP contribution is -2.47. The van der Waals surface area contributed by atoms with Gasteiger partial charge in [0.25, 0.3) is 0 Å². The number of ether oxygens (including phenoxy) is 1. The highest BCUT2D eigenvalue weighted by Gasteiger charge is 2.23. The van der Waals surface area contributed by atoms with Crippen LogP contribution in [0.15, 0.2) is 59.5 Å². The fraction of sp³-hybridized carbons (Fsp3) is 0.333. The molecule has 1 fully saturated rings. The molecule has 1 aliphatic heterocycles. The SMILES string of the molecule is Cl.O=S(=O)(NCC1CN(Cc2ccccc2)CCO1)c1ccc(Cl)cc1. The first-order valence-corrected chi connectivity index (χ1v) is 10.0. The third-order valence-electron chi connectivity index (χ3n) is 4.10. The van der Waals surface area contributed by atoms with Crippen molar-refractivity contribution in [2.45, 2.75) is 17.5 Å². The van der Waals surface area contributed by atoms with Crippen molar-refractivity contribution in [2.24, 2.45) is 0 Å². The molecule has 0 aliphatic carbocycles. The fourth-order valence-electron chi connectivity index (χ4n) is 2.79. The van der Waals surface area contributed by atoms with Crippen molar-refractivity contribution in [3.8, 4) is 0 Å². The highest BCUT2D eigenvalue weighted by Crippen LogP contribution is 2.15. The van der Waals surface area contributed by atoms with Gasteiger partial charge in [-0.15, -0.1) is 12.4 Å². The van der Waals surface area contributed by atoms with Crippen LogP contribution in [0.2, 0.25) is 5.02 Å². The van der Waals surface area contributed by atoms with E-state index in [1.807, 2.05) is 18.2 Å². The molecule has 0 bridgehead atoms. The second kappa shape index (κ2) is 9.69. The highest BCUT2D eigenvalue weighted by molar-refractivity contribution is 7.89. The van der Waals surface area contributed by atoms with Crippen LogP contribution >= 0.6 is 24.0 Å². The van der Waals surface area contributed by atoms with Gasteiger partial charge in [0.15, 0.2) is 0 Å². The molecule has 5 nitrogen and oxygen atoms in total. The van der Waals surface area contributed by atoms with Crippen molar-refractivity contribution < 1.29 is 13.2 Å². The predicted octanol–water partition coefficient (Wildman–Crippen LogP) is 2.94. The molecule has 1 heterocycles. The summed E-state index contributed by atoms with van der Waals surface area (Å²) in [7, 11) is -3.56. The zero-order valence-corrected chi connectivity index (χ0v) is 16.6. The summed E-state index contributed by atoms with van der Waals surface area (Å²) in [5.41, 5.74) is 1.24. The van der Waals surface area contributed by atoms with Gasteiger partial charge in [0.2, 0.25) is 10.0 Å². The Kier molecular flexibility index (Phi) is 7.88. The molecule has 0 aromatic heterocycles. The van der Waals surface area contributed by atoms with Gasteiger partial charge in [-0.2, -0.15) is 0 Å². The first-order valence-electron chi connectivity index (χ1n) is 8.16. The van der Waals surface area contributed by atoms with E-state index in [9.17, 15) is 8.42 Å². The van der Waals surface area contributed by atoms with Crippen molar-refractivity contribution in [2.75, 3.05) is 26.2 Å². The first-order chi connectivity index (χ1) is 12.0. The summed E-state index contributed by atoms with van der Waals surface area (Å²) in [6, 6.07) is 16.3. The first kappa shape index (κ1) is 21.2. The second-order valence-corrected chi connectivity index (χ2v) is 8.22. The van der Waals surface area contributed by atoms with Crippen LogP contribution in [0.1, 0.15) is 5.56 Å². The maximum absolute atomic E-state index is 12.3.